The molecule has 0 saturated carbocycles. The summed E-state index contributed by atoms with van der Waals surface area (Å²) in [6, 6.07) is 13.3. The summed E-state index contributed by atoms with van der Waals surface area (Å²) in [6.07, 6.45) is 0. The van der Waals surface area contributed by atoms with Gasteiger partial charge in [0.2, 0.25) is 0 Å². The van der Waals surface area contributed by atoms with Gasteiger partial charge in [0.15, 0.2) is 0 Å². The fourth-order valence-electron chi connectivity index (χ4n) is 2.09. The van der Waals surface area contributed by atoms with E-state index in [1.54, 1.807) is 12.1 Å². The zero-order chi connectivity index (χ0) is 15.4. The molecule has 0 amide bonds. The molecule has 1 unspecified atom stereocenters. The van der Waals surface area contributed by atoms with Crippen LogP contribution in [0.3, 0.4) is 0 Å². The molecule has 1 atom stereocenters. The normalized spacial score (nSPS) is 12.2. The van der Waals surface area contributed by atoms with Gasteiger partial charge in [-0.15, -0.1) is 0 Å². The molecule has 0 spiro atoms. The number of aromatic nitrogens is 1. The standard InChI is InChI=1S/C17H20N2O2/c1-11(2)15-9-14(17(20)21)10-16(19-15)18-12(3)13-7-5-4-6-8-13/h4-12H,1-3H3,(H,18,19)(H,20,21). The number of aromatic carboxylic acids is 1. The number of hydrogen-bond donors (Lipinski definition) is 2. The minimum atomic E-state index is -0.935. The first-order valence-corrected chi connectivity index (χ1v) is 7.04. The number of nitrogens with zero attached hydrogens (tertiary/aromatic N) is 1. The first-order chi connectivity index (χ1) is 9.97. The zero-order valence-electron chi connectivity index (χ0n) is 12.5. The Morgan fingerprint density at radius 1 is 1.14 bits per heavy atom. The molecular weight excluding hydrogens is 264 g/mol. The Morgan fingerprint density at radius 3 is 2.38 bits per heavy atom. The molecule has 4 nitrogen and oxygen atoms in total. The van der Waals surface area contributed by atoms with Crippen LogP contribution in [0, 0.1) is 0 Å². The summed E-state index contributed by atoms with van der Waals surface area (Å²) < 4.78 is 0. The van der Waals surface area contributed by atoms with Gasteiger partial charge in [-0.05, 0) is 30.5 Å². The molecule has 4 heteroatoms. The average Bonchev–Trinajstić information content (AvgIpc) is 2.47. The van der Waals surface area contributed by atoms with Crippen molar-refractivity contribution in [3.05, 3.63) is 59.3 Å². The highest BCUT2D eigenvalue weighted by Gasteiger charge is 2.12. The van der Waals surface area contributed by atoms with Gasteiger partial charge in [-0.1, -0.05) is 44.2 Å². The SMILES string of the molecule is CC(C)c1cc(C(=O)O)cc(NC(C)c2ccccc2)n1. The van der Waals surface area contributed by atoms with Crippen molar-refractivity contribution in [2.75, 3.05) is 5.32 Å². The molecule has 0 saturated heterocycles. The molecule has 0 aliphatic carbocycles. The van der Waals surface area contributed by atoms with Crippen molar-refractivity contribution in [3.63, 3.8) is 0 Å². The van der Waals surface area contributed by atoms with Crippen LogP contribution in [0.4, 0.5) is 5.82 Å². The summed E-state index contributed by atoms with van der Waals surface area (Å²) in [4.78, 5) is 15.7. The van der Waals surface area contributed by atoms with Crippen LogP contribution in [-0.4, -0.2) is 16.1 Å². The first-order valence-electron chi connectivity index (χ1n) is 7.04. The van der Waals surface area contributed by atoms with E-state index in [1.165, 1.54) is 0 Å². The Balaban J connectivity index is 2.29. The van der Waals surface area contributed by atoms with Gasteiger partial charge in [0.1, 0.15) is 5.82 Å². The molecule has 2 N–H and O–H groups in total. The smallest absolute Gasteiger partial charge is 0.335 e. The predicted octanol–water partition coefficient (Wildman–Crippen LogP) is 4.08. The summed E-state index contributed by atoms with van der Waals surface area (Å²) in [5.41, 5.74) is 2.17. The Labute approximate surface area is 124 Å². The van der Waals surface area contributed by atoms with Crippen molar-refractivity contribution < 1.29 is 9.90 Å². The quantitative estimate of drug-likeness (QED) is 0.868. The number of benzene rings is 1. The van der Waals surface area contributed by atoms with E-state index in [0.29, 0.717) is 5.82 Å². The Bertz CT molecular complexity index is 624. The Hall–Kier alpha value is -2.36. The van der Waals surface area contributed by atoms with E-state index in [9.17, 15) is 9.90 Å². The summed E-state index contributed by atoms with van der Waals surface area (Å²) in [6.45, 7) is 6.02. The molecule has 2 aromatic rings. The fourth-order valence-corrected chi connectivity index (χ4v) is 2.09. The average molecular weight is 284 g/mol. The molecule has 0 aliphatic heterocycles. The molecule has 110 valence electrons. The third kappa shape index (κ3) is 3.81. The number of anilines is 1. The molecule has 0 fully saturated rings. The van der Waals surface area contributed by atoms with Gasteiger partial charge in [-0.2, -0.15) is 0 Å². The molecule has 0 radical (unpaired) electrons. The van der Waals surface area contributed by atoms with Crippen LogP contribution in [0.5, 0.6) is 0 Å². The molecule has 2 rings (SSSR count). The summed E-state index contributed by atoms with van der Waals surface area (Å²) in [5.74, 6) is -0.165. The van der Waals surface area contributed by atoms with Crippen LogP contribution in [0.15, 0.2) is 42.5 Å². The highest BCUT2D eigenvalue weighted by Crippen LogP contribution is 2.22. The third-order valence-corrected chi connectivity index (χ3v) is 3.35. The van der Waals surface area contributed by atoms with Gasteiger partial charge >= 0.3 is 5.97 Å². The number of pyridine rings is 1. The minimum absolute atomic E-state index is 0.0581. The molecular formula is C17H20N2O2. The Kier molecular flexibility index (Phi) is 4.58. The number of hydrogen-bond acceptors (Lipinski definition) is 3. The molecule has 21 heavy (non-hydrogen) atoms. The van der Waals surface area contributed by atoms with E-state index in [2.05, 4.69) is 10.3 Å². The minimum Gasteiger partial charge on any atom is -0.478 e. The van der Waals surface area contributed by atoms with Crippen LogP contribution in [0.1, 0.15) is 54.3 Å². The van der Waals surface area contributed by atoms with E-state index in [4.69, 9.17) is 0 Å². The van der Waals surface area contributed by atoms with E-state index >= 15 is 0 Å². The second-order valence-corrected chi connectivity index (χ2v) is 5.40. The number of rotatable bonds is 5. The van der Waals surface area contributed by atoms with Gasteiger partial charge in [0.05, 0.1) is 5.56 Å². The lowest BCUT2D eigenvalue weighted by Crippen LogP contribution is -2.11. The van der Waals surface area contributed by atoms with Crippen molar-refractivity contribution in [1.82, 2.24) is 4.98 Å². The molecule has 1 heterocycles. The van der Waals surface area contributed by atoms with E-state index in [0.717, 1.165) is 11.3 Å². The first kappa shape index (κ1) is 15.0. The molecule has 1 aromatic heterocycles. The Morgan fingerprint density at radius 2 is 1.81 bits per heavy atom. The highest BCUT2D eigenvalue weighted by atomic mass is 16.4. The molecule has 0 bridgehead atoms. The maximum atomic E-state index is 11.2. The van der Waals surface area contributed by atoms with Crippen molar-refractivity contribution in [2.24, 2.45) is 0 Å². The fraction of sp³-hybridized carbons (Fsp3) is 0.294. The lowest BCUT2D eigenvalue weighted by atomic mass is 10.1. The van der Waals surface area contributed by atoms with Crippen molar-refractivity contribution >= 4 is 11.8 Å². The monoisotopic (exact) mass is 284 g/mol. The highest BCUT2D eigenvalue weighted by molar-refractivity contribution is 5.88. The zero-order valence-corrected chi connectivity index (χ0v) is 12.5. The van der Waals surface area contributed by atoms with Crippen LogP contribution >= 0.6 is 0 Å². The summed E-state index contributed by atoms with van der Waals surface area (Å²) in [7, 11) is 0. The van der Waals surface area contributed by atoms with Gasteiger partial charge in [0.25, 0.3) is 0 Å². The number of carboxylic acids is 1. The third-order valence-electron chi connectivity index (χ3n) is 3.35. The molecule has 0 aliphatic rings. The van der Waals surface area contributed by atoms with Crippen molar-refractivity contribution in [3.8, 4) is 0 Å². The maximum absolute atomic E-state index is 11.2. The van der Waals surface area contributed by atoms with Crippen LogP contribution in [-0.2, 0) is 0 Å². The number of carbonyl (C=O) groups is 1. The van der Waals surface area contributed by atoms with Gasteiger partial charge in [-0.25, -0.2) is 9.78 Å². The van der Waals surface area contributed by atoms with Gasteiger partial charge in [-0.3, -0.25) is 0 Å². The second kappa shape index (κ2) is 6.39. The topological polar surface area (TPSA) is 62.2 Å². The predicted molar refractivity (Wildman–Crippen MR) is 83.8 cm³/mol. The lowest BCUT2D eigenvalue weighted by molar-refractivity contribution is 0.0696. The lowest BCUT2D eigenvalue weighted by Gasteiger charge is -2.17. The summed E-state index contributed by atoms with van der Waals surface area (Å²) in [5, 5.41) is 12.5. The number of nitrogens with one attached hydrogen (secondary N) is 1. The van der Waals surface area contributed by atoms with E-state index in [1.807, 2.05) is 51.1 Å². The van der Waals surface area contributed by atoms with Crippen molar-refractivity contribution in [2.45, 2.75) is 32.7 Å². The van der Waals surface area contributed by atoms with Crippen LogP contribution in [0.25, 0.3) is 0 Å². The largest absolute Gasteiger partial charge is 0.478 e. The second-order valence-electron chi connectivity index (χ2n) is 5.40. The van der Waals surface area contributed by atoms with E-state index < -0.39 is 5.97 Å². The van der Waals surface area contributed by atoms with Gasteiger partial charge < -0.3 is 10.4 Å². The van der Waals surface area contributed by atoms with Crippen LogP contribution < -0.4 is 5.32 Å². The maximum Gasteiger partial charge on any atom is 0.335 e. The molecule has 1 aromatic carbocycles. The number of carboxylic acid groups (broad SMARTS) is 1. The summed E-state index contributed by atoms with van der Waals surface area (Å²) >= 11 is 0. The van der Waals surface area contributed by atoms with E-state index in [-0.39, 0.29) is 17.5 Å². The van der Waals surface area contributed by atoms with Crippen molar-refractivity contribution in [1.29, 1.82) is 0 Å². The van der Waals surface area contributed by atoms with Gasteiger partial charge in [0, 0.05) is 11.7 Å². The van der Waals surface area contributed by atoms with Crippen LogP contribution in [0.2, 0.25) is 0 Å².